The van der Waals surface area contributed by atoms with Gasteiger partial charge in [-0.3, -0.25) is 0 Å². The Balaban J connectivity index is 2.48. The molecule has 0 radical (unpaired) electrons. The maximum absolute atomic E-state index is 5.60. The fraction of sp³-hybridized carbons (Fsp3) is 0.400. The molecule has 1 aromatic carbocycles. The van der Waals surface area contributed by atoms with Crippen molar-refractivity contribution in [1.29, 1.82) is 0 Å². The van der Waals surface area contributed by atoms with Crippen LogP contribution in [-0.2, 0) is 8.85 Å². The highest BCUT2D eigenvalue weighted by molar-refractivity contribution is 6.37. The average Bonchev–Trinajstić information content (AvgIpc) is 2.35. The van der Waals surface area contributed by atoms with Crippen molar-refractivity contribution in [3.05, 3.63) is 24.3 Å². The summed E-state index contributed by atoms with van der Waals surface area (Å²) in [6.07, 6.45) is 0. The second-order valence-electron chi connectivity index (χ2n) is 3.29. The largest absolute Gasteiger partial charge is 0.549 e. The minimum absolute atomic E-state index is 0.413. The number of anilines is 1. The lowest BCUT2D eigenvalue weighted by Crippen LogP contribution is -2.34. The molecule has 0 saturated heterocycles. The van der Waals surface area contributed by atoms with E-state index in [9.17, 15) is 0 Å². The molecule has 17 heavy (non-hydrogen) atoms. The van der Waals surface area contributed by atoms with Crippen LogP contribution in [-0.4, -0.2) is 35.8 Å². The summed E-state index contributed by atoms with van der Waals surface area (Å²) in [5.41, 5.74) is 17.0. The maximum Gasteiger partial charge on any atom is 0.549 e. The Labute approximate surface area is 103 Å². The van der Waals surface area contributed by atoms with Gasteiger partial charge in [-0.15, -0.1) is 0 Å². The molecule has 0 aromatic heterocycles. The molecule has 0 fully saturated rings. The highest BCUT2D eigenvalue weighted by Crippen LogP contribution is 2.14. The molecule has 0 saturated carbocycles. The van der Waals surface area contributed by atoms with Crippen LogP contribution in [0.15, 0.2) is 24.3 Å². The second-order valence-corrected chi connectivity index (χ2v) is 4.77. The van der Waals surface area contributed by atoms with Gasteiger partial charge in [-0.1, -0.05) is 0 Å². The molecular formula is C10H19N3O3Si. The zero-order valence-electron chi connectivity index (χ0n) is 9.67. The van der Waals surface area contributed by atoms with Gasteiger partial charge in [-0.25, -0.2) is 0 Å². The molecule has 0 atom stereocenters. The molecule has 0 amide bonds. The predicted molar refractivity (Wildman–Crippen MR) is 68.6 cm³/mol. The lowest BCUT2D eigenvalue weighted by Gasteiger charge is -2.17. The summed E-state index contributed by atoms with van der Waals surface area (Å²) in [6, 6.07) is 7.05. The van der Waals surface area contributed by atoms with E-state index in [1.165, 1.54) is 0 Å². The highest BCUT2D eigenvalue weighted by Gasteiger charge is 2.16. The molecule has 0 bridgehead atoms. The van der Waals surface area contributed by atoms with Crippen molar-refractivity contribution >= 4 is 15.2 Å². The molecule has 7 heteroatoms. The van der Waals surface area contributed by atoms with Crippen LogP contribution in [0, 0.1) is 0 Å². The van der Waals surface area contributed by atoms with E-state index < -0.39 is 9.53 Å². The Bertz CT molecular complexity index is 302. The van der Waals surface area contributed by atoms with Gasteiger partial charge in [-0.2, -0.15) is 0 Å². The smallest absolute Gasteiger partial charge is 0.503 e. The van der Waals surface area contributed by atoms with Gasteiger partial charge in [0, 0.05) is 18.8 Å². The topological polar surface area (TPSA) is 106 Å². The SMILES string of the molecule is NCCO[SiH](OCCN)Oc1ccc(N)cc1. The first-order chi connectivity index (χ1) is 8.26. The van der Waals surface area contributed by atoms with Crippen LogP contribution in [0.5, 0.6) is 5.75 Å². The summed E-state index contributed by atoms with van der Waals surface area (Å²) >= 11 is 0. The second kappa shape index (κ2) is 8.04. The summed E-state index contributed by atoms with van der Waals surface area (Å²) in [4.78, 5) is 0. The number of nitrogens with two attached hydrogens (primary N) is 3. The summed E-state index contributed by atoms with van der Waals surface area (Å²) < 4.78 is 16.4. The number of benzene rings is 1. The Morgan fingerprint density at radius 3 is 1.94 bits per heavy atom. The fourth-order valence-corrected chi connectivity index (χ4v) is 2.37. The van der Waals surface area contributed by atoms with Gasteiger partial charge < -0.3 is 30.5 Å². The van der Waals surface area contributed by atoms with E-state index in [2.05, 4.69) is 0 Å². The molecule has 0 aliphatic heterocycles. The van der Waals surface area contributed by atoms with Crippen LogP contribution in [0.4, 0.5) is 5.69 Å². The third kappa shape index (κ3) is 5.66. The Morgan fingerprint density at radius 2 is 1.47 bits per heavy atom. The molecule has 0 aliphatic rings. The van der Waals surface area contributed by atoms with Gasteiger partial charge in [-0.05, 0) is 24.3 Å². The lowest BCUT2D eigenvalue weighted by atomic mass is 10.3. The first-order valence-electron chi connectivity index (χ1n) is 5.42. The normalized spacial score (nSPS) is 10.8. The summed E-state index contributed by atoms with van der Waals surface area (Å²) in [5, 5.41) is 0. The third-order valence-electron chi connectivity index (χ3n) is 1.86. The van der Waals surface area contributed by atoms with Crippen LogP contribution in [0.3, 0.4) is 0 Å². The van der Waals surface area contributed by atoms with Crippen molar-refractivity contribution in [2.45, 2.75) is 0 Å². The Morgan fingerprint density at radius 1 is 0.941 bits per heavy atom. The minimum Gasteiger partial charge on any atom is -0.503 e. The monoisotopic (exact) mass is 257 g/mol. The van der Waals surface area contributed by atoms with Crippen LogP contribution in [0.25, 0.3) is 0 Å². The van der Waals surface area contributed by atoms with Crippen molar-refractivity contribution in [2.24, 2.45) is 11.5 Å². The molecule has 0 unspecified atom stereocenters. The predicted octanol–water partition coefficient (Wildman–Crippen LogP) is -0.685. The fourth-order valence-electron chi connectivity index (χ4n) is 1.10. The molecule has 96 valence electrons. The first kappa shape index (κ1) is 13.9. The van der Waals surface area contributed by atoms with Crippen molar-refractivity contribution in [1.82, 2.24) is 0 Å². The van der Waals surface area contributed by atoms with Crippen LogP contribution in [0.2, 0.25) is 0 Å². The first-order valence-corrected chi connectivity index (χ1v) is 6.83. The molecule has 6 N–H and O–H groups in total. The zero-order valence-corrected chi connectivity index (χ0v) is 10.8. The van der Waals surface area contributed by atoms with E-state index in [-0.39, 0.29) is 0 Å². The van der Waals surface area contributed by atoms with Crippen LogP contribution >= 0.6 is 0 Å². The van der Waals surface area contributed by atoms with E-state index in [0.29, 0.717) is 37.7 Å². The van der Waals surface area contributed by atoms with E-state index in [1.807, 2.05) is 0 Å². The summed E-state index contributed by atoms with van der Waals surface area (Å²) in [7, 11) is -2.21. The van der Waals surface area contributed by atoms with E-state index in [4.69, 9.17) is 30.5 Å². The molecule has 0 spiro atoms. The van der Waals surface area contributed by atoms with Gasteiger partial charge in [0.2, 0.25) is 0 Å². The zero-order chi connectivity index (χ0) is 12.5. The van der Waals surface area contributed by atoms with Gasteiger partial charge >= 0.3 is 9.53 Å². The number of hydrogen-bond donors (Lipinski definition) is 3. The van der Waals surface area contributed by atoms with Crippen molar-refractivity contribution in [3.63, 3.8) is 0 Å². The highest BCUT2D eigenvalue weighted by atomic mass is 28.3. The van der Waals surface area contributed by atoms with Crippen molar-refractivity contribution < 1.29 is 13.3 Å². The Kier molecular flexibility index (Phi) is 6.59. The lowest BCUT2D eigenvalue weighted by molar-refractivity contribution is 0.147. The maximum atomic E-state index is 5.60. The summed E-state index contributed by atoms with van der Waals surface area (Å²) in [6.45, 7) is 1.69. The molecule has 0 aliphatic carbocycles. The van der Waals surface area contributed by atoms with E-state index in [1.54, 1.807) is 24.3 Å². The Hall–Kier alpha value is -1.12. The van der Waals surface area contributed by atoms with E-state index in [0.717, 1.165) is 0 Å². The minimum atomic E-state index is -2.21. The average molecular weight is 257 g/mol. The van der Waals surface area contributed by atoms with Gasteiger partial charge in [0.25, 0.3) is 0 Å². The van der Waals surface area contributed by atoms with Crippen LogP contribution < -0.4 is 21.6 Å². The third-order valence-corrected chi connectivity index (χ3v) is 3.34. The van der Waals surface area contributed by atoms with Crippen molar-refractivity contribution in [2.75, 3.05) is 32.0 Å². The quantitative estimate of drug-likeness (QED) is 0.421. The molecular weight excluding hydrogens is 238 g/mol. The van der Waals surface area contributed by atoms with Crippen LogP contribution in [0.1, 0.15) is 0 Å². The molecule has 1 rings (SSSR count). The molecule has 1 aromatic rings. The van der Waals surface area contributed by atoms with Gasteiger partial charge in [0.05, 0.1) is 13.2 Å². The summed E-state index contributed by atoms with van der Waals surface area (Å²) in [5.74, 6) is 0.671. The van der Waals surface area contributed by atoms with Gasteiger partial charge in [0.15, 0.2) is 0 Å². The van der Waals surface area contributed by atoms with E-state index >= 15 is 0 Å². The number of hydrogen-bond acceptors (Lipinski definition) is 6. The number of rotatable bonds is 8. The standard InChI is InChI=1S/C10H19N3O3Si/c11-5-7-14-17(15-8-6-12)16-10-3-1-9(13)2-4-10/h1-4,17H,5-8,11-13H2. The number of nitrogen functional groups attached to an aromatic ring is 1. The molecule has 6 nitrogen and oxygen atoms in total. The van der Waals surface area contributed by atoms with Crippen molar-refractivity contribution in [3.8, 4) is 5.75 Å². The molecule has 0 heterocycles. The van der Waals surface area contributed by atoms with Gasteiger partial charge in [0.1, 0.15) is 5.75 Å².